The van der Waals surface area contributed by atoms with Crippen LogP contribution in [0.5, 0.6) is 0 Å². The smallest absolute Gasteiger partial charge is 0.341 e. The SMILES string of the molecule is COC(=O)c1c(NC(=O)c2ccccc2S(C)(=O)=O)sc2ccccc12. The fraction of sp³-hybridized carbons (Fsp3) is 0.111. The number of methoxy groups -OCH3 is 1. The van der Waals surface area contributed by atoms with Gasteiger partial charge in [0.2, 0.25) is 0 Å². The van der Waals surface area contributed by atoms with Crippen molar-refractivity contribution in [3.05, 3.63) is 59.7 Å². The van der Waals surface area contributed by atoms with Crippen molar-refractivity contribution in [3.8, 4) is 0 Å². The van der Waals surface area contributed by atoms with Crippen LogP contribution in [0.3, 0.4) is 0 Å². The third-order valence-electron chi connectivity index (χ3n) is 3.74. The molecule has 2 aromatic carbocycles. The molecule has 8 heteroatoms. The van der Waals surface area contributed by atoms with Gasteiger partial charge < -0.3 is 10.1 Å². The molecule has 3 aromatic rings. The first-order chi connectivity index (χ1) is 12.3. The molecule has 1 amide bonds. The molecule has 0 fully saturated rings. The van der Waals surface area contributed by atoms with Crippen molar-refractivity contribution in [2.45, 2.75) is 4.90 Å². The molecule has 26 heavy (non-hydrogen) atoms. The fourth-order valence-electron chi connectivity index (χ4n) is 2.59. The number of hydrogen-bond acceptors (Lipinski definition) is 6. The number of amides is 1. The van der Waals surface area contributed by atoms with Crippen LogP contribution in [0.1, 0.15) is 20.7 Å². The van der Waals surface area contributed by atoms with E-state index < -0.39 is 21.7 Å². The van der Waals surface area contributed by atoms with E-state index in [0.29, 0.717) is 10.4 Å². The average Bonchev–Trinajstić information content (AvgIpc) is 2.98. The van der Waals surface area contributed by atoms with Crippen LogP contribution in [0.2, 0.25) is 0 Å². The zero-order valence-electron chi connectivity index (χ0n) is 14.0. The maximum Gasteiger partial charge on any atom is 0.341 e. The summed E-state index contributed by atoms with van der Waals surface area (Å²) < 4.78 is 29.5. The summed E-state index contributed by atoms with van der Waals surface area (Å²) in [6.45, 7) is 0. The molecule has 1 heterocycles. The van der Waals surface area contributed by atoms with Gasteiger partial charge in [-0.3, -0.25) is 4.79 Å². The first kappa shape index (κ1) is 18.1. The number of esters is 1. The number of fused-ring (bicyclic) bond motifs is 1. The molecule has 0 saturated carbocycles. The van der Waals surface area contributed by atoms with Gasteiger partial charge in [0.1, 0.15) is 10.6 Å². The van der Waals surface area contributed by atoms with Gasteiger partial charge in [-0.05, 0) is 18.2 Å². The van der Waals surface area contributed by atoms with E-state index in [-0.39, 0.29) is 16.0 Å². The van der Waals surface area contributed by atoms with Gasteiger partial charge in [-0.15, -0.1) is 11.3 Å². The zero-order chi connectivity index (χ0) is 18.9. The lowest BCUT2D eigenvalue weighted by atomic mass is 10.1. The molecule has 0 atom stereocenters. The summed E-state index contributed by atoms with van der Waals surface area (Å²) in [7, 11) is -2.31. The minimum atomic E-state index is -3.58. The largest absolute Gasteiger partial charge is 0.465 e. The van der Waals surface area contributed by atoms with Gasteiger partial charge in [0.25, 0.3) is 5.91 Å². The summed E-state index contributed by atoms with van der Waals surface area (Å²) in [6.07, 6.45) is 1.04. The lowest BCUT2D eigenvalue weighted by Gasteiger charge is -2.09. The summed E-state index contributed by atoms with van der Waals surface area (Å²) in [4.78, 5) is 24.8. The summed E-state index contributed by atoms with van der Waals surface area (Å²) in [5.41, 5.74) is 0.265. The fourth-order valence-corrected chi connectivity index (χ4v) is 4.56. The second kappa shape index (κ2) is 6.89. The molecule has 1 N–H and O–H groups in total. The number of carbonyl (C=O) groups is 2. The molecule has 3 rings (SSSR count). The molecule has 0 unspecified atom stereocenters. The van der Waals surface area contributed by atoms with Gasteiger partial charge in [0.05, 0.1) is 17.6 Å². The van der Waals surface area contributed by atoms with Gasteiger partial charge >= 0.3 is 5.97 Å². The summed E-state index contributed by atoms with van der Waals surface area (Å²) in [5, 5.41) is 3.63. The van der Waals surface area contributed by atoms with Crippen LogP contribution in [0, 0.1) is 0 Å². The van der Waals surface area contributed by atoms with E-state index in [2.05, 4.69) is 5.32 Å². The Balaban J connectivity index is 2.08. The highest BCUT2D eigenvalue weighted by molar-refractivity contribution is 7.90. The van der Waals surface area contributed by atoms with Crippen molar-refractivity contribution in [2.75, 3.05) is 18.7 Å². The third-order valence-corrected chi connectivity index (χ3v) is 5.98. The summed E-state index contributed by atoms with van der Waals surface area (Å²) in [5.74, 6) is -1.18. The van der Waals surface area contributed by atoms with Crippen molar-refractivity contribution in [3.63, 3.8) is 0 Å². The molecule has 6 nitrogen and oxygen atoms in total. The van der Waals surface area contributed by atoms with E-state index in [0.717, 1.165) is 11.0 Å². The van der Waals surface area contributed by atoms with Crippen molar-refractivity contribution in [1.82, 2.24) is 0 Å². The van der Waals surface area contributed by atoms with Crippen LogP contribution in [-0.4, -0.2) is 33.7 Å². The Morgan fingerprint density at radius 3 is 2.38 bits per heavy atom. The van der Waals surface area contributed by atoms with Crippen molar-refractivity contribution in [2.24, 2.45) is 0 Å². The molecule has 0 saturated heterocycles. The molecule has 1 aromatic heterocycles. The molecular formula is C18H15NO5S2. The Labute approximate surface area is 154 Å². The van der Waals surface area contributed by atoms with Crippen molar-refractivity contribution >= 4 is 48.1 Å². The molecule has 0 aliphatic heterocycles. The Morgan fingerprint density at radius 1 is 1.04 bits per heavy atom. The Hall–Kier alpha value is -2.71. The van der Waals surface area contributed by atoms with Gasteiger partial charge in [0.15, 0.2) is 9.84 Å². The molecule has 0 aliphatic carbocycles. The Bertz CT molecular complexity index is 1120. The molecular weight excluding hydrogens is 374 g/mol. The van der Waals surface area contributed by atoms with Gasteiger partial charge in [-0.2, -0.15) is 0 Å². The first-order valence-electron chi connectivity index (χ1n) is 7.53. The maximum absolute atomic E-state index is 12.7. The number of ether oxygens (including phenoxy) is 1. The normalized spacial score (nSPS) is 11.3. The number of thiophene rings is 1. The molecule has 0 spiro atoms. The van der Waals surface area contributed by atoms with Crippen molar-refractivity contribution in [1.29, 1.82) is 0 Å². The Kier molecular flexibility index (Phi) is 4.80. The topological polar surface area (TPSA) is 89.5 Å². The van der Waals surface area contributed by atoms with Crippen molar-refractivity contribution < 1.29 is 22.7 Å². The van der Waals surface area contributed by atoms with E-state index in [1.54, 1.807) is 24.3 Å². The van der Waals surface area contributed by atoms with Crippen LogP contribution in [-0.2, 0) is 14.6 Å². The Morgan fingerprint density at radius 2 is 1.69 bits per heavy atom. The lowest BCUT2D eigenvalue weighted by Crippen LogP contribution is -2.17. The minimum Gasteiger partial charge on any atom is -0.465 e. The predicted octanol–water partition coefficient (Wildman–Crippen LogP) is 3.34. The van der Waals surface area contributed by atoms with E-state index in [4.69, 9.17) is 4.74 Å². The van der Waals surface area contributed by atoms with Crippen LogP contribution in [0.4, 0.5) is 5.00 Å². The van der Waals surface area contributed by atoms with Gasteiger partial charge in [0, 0.05) is 16.3 Å². The molecule has 134 valence electrons. The average molecular weight is 389 g/mol. The minimum absolute atomic E-state index is 0.0169. The highest BCUT2D eigenvalue weighted by Gasteiger charge is 2.23. The molecule has 0 bridgehead atoms. The van der Waals surface area contributed by atoms with E-state index in [9.17, 15) is 18.0 Å². The monoisotopic (exact) mass is 389 g/mol. The quantitative estimate of drug-likeness (QED) is 0.691. The second-order valence-corrected chi connectivity index (χ2v) is 8.55. The van der Waals surface area contributed by atoms with Crippen LogP contribution in [0.25, 0.3) is 10.1 Å². The van der Waals surface area contributed by atoms with Gasteiger partial charge in [-0.1, -0.05) is 30.3 Å². The standard InChI is InChI=1S/C18H15NO5S2/c1-24-18(21)15-11-7-3-5-9-13(11)25-17(15)19-16(20)12-8-4-6-10-14(12)26(2,22)23/h3-10H,1-2H3,(H,19,20). The highest BCUT2D eigenvalue weighted by atomic mass is 32.2. The number of carbonyl (C=O) groups excluding carboxylic acids is 2. The van der Waals surface area contributed by atoms with Crippen LogP contribution >= 0.6 is 11.3 Å². The molecule has 0 aliphatic rings. The number of anilines is 1. The maximum atomic E-state index is 12.7. The number of nitrogens with one attached hydrogen (secondary N) is 1. The lowest BCUT2D eigenvalue weighted by molar-refractivity contribution is 0.0604. The second-order valence-electron chi connectivity index (χ2n) is 5.52. The van der Waals surface area contributed by atoms with E-state index >= 15 is 0 Å². The van der Waals surface area contributed by atoms with Crippen LogP contribution < -0.4 is 5.32 Å². The predicted molar refractivity (Wildman–Crippen MR) is 101 cm³/mol. The molecule has 0 radical (unpaired) electrons. The number of sulfone groups is 1. The number of benzene rings is 2. The summed E-state index contributed by atoms with van der Waals surface area (Å²) >= 11 is 1.22. The number of hydrogen-bond donors (Lipinski definition) is 1. The number of rotatable bonds is 4. The van der Waals surface area contributed by atoms with E-state index in [1.165, 1.54) is 30.6 Å². The summed E-state index contributed by atoms with van der Waals surface area (Å²) in [6, 6.07) is 13.1. The van der Waals surface area contributed by atoms with Crippen LogP contribution in [0.15, 0.2) is 53.4 Å². The first-order valence-corrected chi connectivity index (χ1v) is 10.2. The zero-order valence-corrected chi connectivity index (χ0v) is 15.6. The highest BCUT2D eigenvalue weighted by Crippen LogP contribution is 2.36. The van der Waals surface area contributed by atoms with E-state index in [1.807, 2.05) is 12.1 Å². The third kappa shape index (κ3) is 3.33. The van der Waals surface area contributed by atoms with Gasteiger partial charge in [-0.25, -0.2) is 13.2 Å².